The number of nitro benzene ring substituents is 1. The lowest BCUT2D eigenvalue weighted by atomic mass is 9.91. The molecule has 0 spiro atoms. The van der Waals surface area contributed by atoms with E-state index in [2.05, 4.69) is 25.9 Å². The number of aromatic nitrogens is 2. The van der Waals surface area contributed by atoms with Crippen LogP contribution in [0.5, 0.6) is 0 Å². The van der Waals surface area contributed by atoms with Gasteiger partial charge in [-0.2, -0.15) is 4.98 Å². The van der Waals surface area contributed by atoms with E-state index in [1.807, 2.05) is 43.3 Å². The van der Waals surface area contributed by atoms with Gasteiger partial charge in [-0.25, -0.2) is 14.2 Å². The molecule has 1 aliphatic rings. The van der Waals surface area contributed by atoms with Crippen molar-refractivity contribution in [1.82, 2.24) is 15.3 Å². The van der Waals surface area contributed by atoms with Crippen LogP contribution in [0.1, 0.15) is 25.7 Å². The van der Waals surface area contributed by atoms with Crippen molar-refractivity contribution in [3.8, 4) is 0 Å². The third kappa shape index (κ3) is 5.30. The van der Waals surface area contributed by atoms with Crippen molar-refractivity contribution < 1.29 is 14.1 Å². The van der Waals surface area contributed by atoms with Gasteiger partial charge in [0.05, 0.1) is 16.5 Å². The molecule has 3 N–H and O–H groups in total. The second kappa shape index (κ2) is 9.86. The Hall–Kier alpha value is -4.02. The maximum Gasteiger partial charge on any atom is 0.319 e. The standard InChI is InChI=1S/C23H26FN7O3/c1-30(2)21-17-5-3-4-6-18(17)27-22(29-21)25-15-8-10-16(11-9-15)26-23(32)28-19-12-7-14(24)13-20(19)31(33)34/h3-7,12-13,15-16H,8-11H2,1-2H3,(H,25,27,29)(H2,26,28,32)/t15-,16+. The van der Waals surface area contributed by atoms with E-state index in [0.717, 1.165) is 54.5 Å². The smallest absolute Gasteiger partial charge is 0.319 e. The van der Waals surface area contributed by atoms with Crippen LogP contribution in [0.15, 0.2) is 42.5 Å². The first-order valence-electron chi connectivity index (χ1n) is 11.0. The van der Waals surface area contributed by atoms with Gasteiger partial charge >= 0.3 is 6.03 Å². The second-order valence-electron chi connectivity index (χ2n) is 8.49. The lowest BCUT2D eigenvalue weighted by molar-refractivity contribution is -0.384. The number of carbonyl (C=O) groups excluding carboxylic acids is 1. The van der Waals surface area contributed by atoms with E-state index in [4.69, 9.17) is 0 Å². The predicted octanol–water partition coefficient (Wildman–Crippen LogP) is 4.29. The summed E-state index contributed by atoms with van der Waals surface area (Å²) in [6.45, 7) is 0. The quantitative estimate of drug-likeness (QED) is 0.365. The molecule has 1 fully saturated rings. The lowest BCUT2D eigenvalue weighted by Gasteiger charge is -2.30. The van der Waals surface area contributed by atoms with Crippen LogP contribution in [0.2, 0.25) is 0 Å². The van der Waals surface area contributed by atoms with E-state index in [-0.39, 0.29) is 17.8 Å². The molecule has 10 nitrogen and oxygen atoms in total. The van der Waals surface area contributed by atoms with Crippen LogP contribution < -0.4 is 20.9 Å². The number of hydrogen-bond donors (Lipinski definition) is 3. The Kier molecular flexibility index (Phi) is 6.71. The molecule has 178 valence electrons. The average molecular weight is 468 g/mol. The zero-order chi connectivity index (χ0) is 24.2. The molecule has 0 unspecified atom stereocenters. The van der Waals surface area contributed by atoms with Crippen molar-refractivity contribution in [2.24, 2.45) is 0 Å². The van der Waals surface area contributed by atoms with Gasteiger partial charge in [0.1, 0.15) is 17.3 Å². The van der Waals surface area contributed by atoms with Crippen molar-refractivity contribution in [2.75, 3.05) is 29.6 Å². The highest BCUT2D eigenvalue weighted by atomic mass is 19.1. The maximum atomic E-state index is 13.3. The van der Waals surface area contributed by atoms with E-state index >= 15 is 0 Å². The van der Waals surface area contributed by atoms with Gasteiger partial charge in [0.2, 0.25) is 5.95 Å². The first-order valence-corrected chi connectivity index (χ1v) is 11.0. The summed E-state index contributed by atoms with van der Waals surface area (Å²) in [5.74, 6) is 0.673. The summed E-state index contributed by atoms with van der Waals surface area (Å²) in [7, 11) is 3.89. The van der Waals surface area contributed by atoms with Crippen LogP contribution in [0.3, 0.4) is 0 Å². The fourth-order valence-electron chi connectivity index (χ4n) is 4.14. The highest BCUT2D eigenvalue weighted by Crippen LogP contribution is 2.27. The van der Waals surface area contributed by atoms with Gasteiger partial charge in [-0.15, -0.1) is 0 Å². The van der Waals surface area contributed by atoms with E-state index in [0.29, 0.717) is 5.95 Å². The van der Waals surface area contributed by atoms with Crippen molar-refractivity contribution in [1.29, 1.82) is 0 Å². The van der Waals surface area contributed by atoms with Gasteiger partial charge in [-0.3, -0.25) is 10.1 Å². The molecule has 11 heteroatoms. The van der Waals surface area contributed by atoms with Crippen LogP contribution in [-0.4, -0.2) is 47.1 Å². The second-order valence-corrected chi connectivity index (χ2v) is 8.49. The Bertz CT molecular complexity index is 1210. The lowest BCUT2D eigenvalue weighted by Crippen LogP contribution is -2.42. The van der Waals surface area contributed by atoms with Gasteiger partial charge in [0, 0.05) is 31.6 Å². The minimum Gasteiger partial charge on any atom is -0.362 e. The number of anilines is 3. The largest absolute Gasteiger partial charge is 0.362 e. The number of nitro groups is 1. The van der Waals surface area contributed by atoms with E-state index in [1.54, 1.807) is 0 Å². The zero-order valence-corrected chi connectivity index (χ0v) is 18.9. The molecular weight excluding hydrogens is 441 g/mol. The van der Waals surface area contributed by atoms with E-state index in [9.17, 15) is 19.3 Å². The molecule has 1 saturated carbocycles. The summed E-state index contributed by atoms with van der Waals surface area (Å²) in [6.07, 6.45) is 3.06. The highest BCUT2D eigenvalue weighted by Gasteiger charge is 2.24. The fourth-order valence-corrected chi connectivity index (χ4v) is 4.14. The number of hydrogen-bond acceptors (Lipinski definition) is 7. The molecule has 0 radical (unpaired) electrons. The third-order valence-electron chi connectivity index (χ3n) is 5.81. The summed E-state index contributed by atoms with van der Waals surface area (Å²) >= 11 is 0. The van der Waals surface area contributed by atoms with Crippen LogP contribution in [0.25, 0.3) is 10.9 Å². The van der Waals surface area contributed by atoms with Crippen molar-refractivity contribution in [3.05, 3.63) is 58.4 Å². The monoisotopic (exact) mass is 467 g/mol. The molecule has 0 bridgehead atoms. The van der Waals surface area contributed by atoms with Crippen LogP contribution in [0, 0.1) is 15.9 Å². The number of para-hydroxylation sites is 1. The first kappa shape index (κ1) is 23.1. The Labute approximate surface area is 195 Å². The third-order valence-corrected chi connectivity index (χ3v) is 5.81. The number of carbonyl (C=O) groups is 1. The van der Waals surface area contributed by atoms with Crippen molar-refractivity contribution in [2.45, 2.75) is 37.8 Å². The molecule has 0 saturated heterocycles. The van der Waals surface area contributed by atoms with Crippen LogP contribution >= 0.6 is 0 Å². The number of amides is 2. The molecule has 3 aromatic rings. The summed E-state index contributed by atoms with van der Waals surface area (Å²) in [4.78, 5) is 34.0. The van der Waals surface area contributed by atoms with Gasteiger partial charge < -0.3 is 20.9 Å². The first-order chi connectivity index (χ1) is 16.3. The number of nitrogens with one attached hydrogen (secondary N) is 3. The number of rotatable bonds is 6. The summed E-state index contributed by atoms with van der Waals surface area (Å²) < 4.78 is 13.3. The Morgan fingerprint density at radius 2 is 1.79 bits per heavy atom. The van der Waals surface area contributed by atoms with Crippen molar-refractivity contribution >= 4 is 40.1 Å². The molecule has 0 atom stereocenters. The summed E-state index contributed by atoms with van der Waals surface area (Å²) in [5, 5.41) is 20.8. The Balaban J connectivity index is 1.34. The zero-order valence-electron chi connectivity index (χ0n) is 18.9. The number of fused-ring (bicyclic) bond motifs is 1. The molecule has 4 rings (SSSR count). The predicted molar refractivity (Wildman–Crippen MR) is 129 cm³/mol. The Morgan fingerprint density at radius 1 is 1.09 bits per heavy atom. The van der Waals surface area contributed by atoms with Crippen molar-refractivity contribution in [3.63, 3.8) is 0 Å². The maximum absolute atomic E-state index is 13.3. The number of urea groups is 1. The molecule has 1 heterocycles. The average Bonchev–Trinajstić information content (AvgIpc) is 2.80. The molecule has 1 aromatic heterocycles. The molecular formula is C23H26FN7O3. The van der Waals surface area contributed by atoms with Crippen LogP contribution in [-0.2, 0) is 0 Å². The molecule has 2 aromatic carbocycles. The number of halogens is 1. The minimum absolute atomic E-state index is 0.0515. The molecule has 34 heavy (non-hydrogen) atoms. The normalized spacial score (nSPS) is 17.7. The SMILES string of the molecule is CN(C)c1nc(N[C@H]2CC[C@@H](NC(=O)Nc3ccc(F)cc3[N+](=O)[O-])CC2)nc2ccccc12. The summed E-state index contributed by atoms with van der Waals surface area (Å²) in [5.41, 5.74) is 0.325. The molecule has 0 aliphatic heterocycles. The van der Waals surface area contributed by atoms with E-state index in [1.165, 1.54) is 6.07 Å². The van der Waals surface area contributed by atoms with Gasteiger partial charge in [0.25, 0.3) is 5.69 Å². The summed E-state index contributed by atoms with van der Waals surface area (Å²) in [6, 6.07) is 10.4. The minimum atomic E-state index is -0.739. The molecule has 2 amide bonds. The fraction of sp³-hybridized carbons (Fsp3) is 0.348. The number of nitrogens with zero attached hydrogens (tertiary/aromatic N) is 4. The van der Waals surface area contributed by atoms with E-state index < -0.39 is 22.5 Å². The van der Waals surface area contributed by atoms with Gasteiger partial charge in [0.15, 0.2) is 0 Å². The highest BCUT2D eigenvalue weighted by molar-refractivity contribution is 5.92. The van der Waals surface area contributed by atoms with Crippen LogP contribution in [0.4, 0.5) is 32.3 Å². The Morgan fingerprint density at radius 3 is 2.50 bits per heavy atom. The topological polar surface area (TPSA) is 125 Å². The molecule has 1 aliphatic carbocycles. The van der Waals surface area contributed by atoms with Gasteiger partial charge in [-0.1, -0.05) is 12.1 Å². The number of benzene rings is 2. The van der Waals surface area contributed by atoms with Gasteiger partial charge in [-0.05, 0) is 49.9 Å².